The molecule has 0 bridgehead atoms. The lowest BCUT2D eigenvalue weighted by Gasteiger charge is -2.21. The maximum absolute atomic E-state index is 5.81. The summed E-state index contributed by atoms with van der Waals surface area (Å²) in [5.74, 6) is 1.10. The summed E-state index contributed by atoms with van der Waals surface area (Å²) < 4.78 is 0. The van der Waals surface area contributed by atoms with Crippen LogP contribution in [0, 0.1) is 0 Å². The Balaban J connectivity index is 2.07. The van der Waals surface area contributed by atoms with Crippen molar-refractivity contribution >= 4 is 5.82 Å². The molecule has 0 saturated carbocycles. The van der Waals surface area contributed by atoms with Crippen molar-refractivity contribution in [2.45, 2.75) is 38.6 Å². The van der Waals surface area contributed by atoms with Gasteiger partial charge in [0.2, 0.25) is 0 Å². The van der Waals surface area contributed by atoms with Crippen LogP contribution in [0.15, 0.2) is 18.3 Å². The van der Waals surface area contributed by atoms with Gasteiger partial charge in [-0.3, -0.25) is 0 Å². The van der Waals surface area contributed by atoms with Gasteiger partial charge in [-0.05, 0) is 31.4 Å². The van der Waals surface area contributed by atoms with Crippen molar-refractivity contribution in [2.24, 2.45) is 5.73 Å². The van der Waals surface area contributed by atoms with Crippen molar-refractivity contribution in [3.8, 4) is 0 Å². The molecule has 0 aliphatic carbocycles. The molecule has 2 heterocycles. The Bertz CT molecular complexity index is 310. The minimum absolute atomic E-state index is 0.0747. The predicted molar refractivity (Wildman–Crippen MR) is 67.5 cm³/mol. The van der Waals surface area contributed by atoms with E-state index in [2.05, 4.69) is 22.0 Å². The van der Waals surface area contributed by atoms with Gasteiger partial charge < -0.3 is 10.6 Å². The normalized spacial score (nSPS) is 19.2. The molecule has 1 fully saturated rings. The van der Waals surface area contributed by atoms with Gasteiger partial charge in [0.25, 0.3) is 0 Å². The minimum Gasteiger partial charge on any atom is -0.357 e. The topological polar surface area (TPSA) is 42.1 Å². The summed E-state index contributed by atoms with van der Waals surface area (Å²) in [4.78, 5) is 6.90. The Kier molecular flexibility index (Phi) is 3.78. The summed E-state index contributed by atoms with van der Waals surface area (Å²) in [6.07, 6.45) is 7.20. The van der Waals surface area contributed by atoms with Gasteiger partial charge in [0.1, 0.15) is 5.82 Å². The number of hydrogen-bond donors (Lipinski definition) is 1. The van der Waals surface area contributed by atoms with Crippen molar-refractivity contribution in [1.29, 1.82) is 0 Å². The highest BCUT2D eigenvalue weighted by molar-refractivity contribution is 5.39. The van der Waals surface area contributed by atoms with Crippen LogP contribution < -0.4 is 10.6 Å². The molecule has 16 heavy (non-hydrogen) atoms. The SMILES string of the molecule is C[C@@H](N)c1ccc(N2CCCCCC2)nc1. The molecular weight excluding hydrogens is 198 g/mol. The maximum atomic E-state index is 5.81. The van der Waals surface area contributed by atoms with Crippen LogP contribution in [0.2, 0.25) is 0 Å². The number of aromatic nitrogens is 1. The third-order valence-electron chi connectivity index (χ3n) is 3.23. The van der Waals surface area contributed by atoms with Gasteiger partial charge >= 0.3 is 0 Å². The van der Waals surface area contributed by atoms with Gasteiger partial charge in [0.05, 0.1) is 0 Å². The van der Waals surface area contributed by atoms with Crippen LogP contribution in [0.4, 0.5) is 5.82 Å². The molecule has 1 aliphatic heterocycles. The fraction of sp³-hybridized carbons (Fsp3) is 0.615. The highest BCUT2D eigenvalue weighted by Gasteiger charge is 2.11. The molecule has 2 rings (SSSR count). The molecule has 3 heteroatoms. The van der Waals surface area contributed by atoms with E-state index in [4.69, 9.17) is 5.73 Å². The Labute approximate surface area is 97.7 Å². The van der Waals surface area contributed by atoms with Gasteiger partial charge in [0.15, 0.2) is 0 Å². The standard InChI is InChI=1S/C13H21N3/c1-11(14)12-6-7-13(15-10-12)16-8-4-2-3-5-9-16/h6-7,10-11H,2-5,8-9,14H2,1H3/t11-/m1/s1. The highest BCUT2D eigenvalue weighted by atomic mass is 15.2. The first-order valence-electron chi connectivity index (χ1n) is 6.24. The lowest BCUT2D eigenvalue weighted by atomic mass is 10.1. The molecule has 0 radical (unpaired) electrons. The zero-order valence-corrected chi connectivity index (χ0v) is 10.0. The Morgan fingerprint density at radius 1 is 1.19 bits per heavy atom. The second-order valence-electron chi connectivity index (χ2n) is 4.64. The molecule has 3 nitrogen and oxygen atoms in total. The average Bonchev–Trinajstić information content (AvgIpc) is 2.57. The second-order valence-corrected chi connectivity index (χ2v) is 4.64. The minimum atomic E-state index is 0.0747. The number of anilines is 1. The molecule has 0 amide bonds. The zero-order chi connectivity index (χ0) is 11.4. The lowest BCUT2D eigenvalue weighted by Crippen LogP contribution is -2.24. The van der Waals surface area contributed by atoms with E-state index in [-0.39, 0.29) is 6.04 Å². The van der Waals surface area contributed by atoms with Crippen LogP contribution >= 0.6 is 0 Å². The molecule has 88 valence electrons. The summed E-state index contributed by atoms with van der Waals surface area (Å²) >= 11 is 0. The predicted octanol–water partition coefficient (Wildman–Crippen LogP) is 2.48. The molecule has 1 aromatic heterocycles. The van der Waals surface area contributed by atoms with Gasteiger partial charge in [-0.1, -0.05) is 18.9 Å². The van der Waals surface area contributed by atoms with Crippen molar-refractivity contribution in [3.63, 3.8) is 0 Å². The Morgan fingerprint density at radius 3 is 2.38 bits per heavy atom. The first kappa shape index (κ1) is 11.4. The fourth-order valence-corrected chi connectivity index (χ4v) is 2.15. The van der Waals surface area contributed by atoms with E-state index in [0.717, 1.165) is 24.5 Å². The van der Waals surface area contributed by atoms with Gasteiger partial charge in [-0.2, -0.15) is 0 Å². The van der Waals surface area contributed by atoms with Crippen LogP contribution in [0.25, 0.3) is 0 Å². The third-order valence-corrected chi connectivity index (χ3v) is 3.23. The van der Waals surface area contributed by atoms with Crippen molar-refractivity contribution in [3.05, 3.63) is 23.9 Å². The molecule has 0 aromatic carbocycles. The van der Waals surface area contributed by atoms with E-state index < -0.39 is 0 Å². The smallest absolute Gasteiger partial charge is 0.128 e. The number of nitrogens with two attached hydrogens (primary N) is 1. The van der Waals surface area contributed by atoms with Crippen LogP contribution in [0.5, 0.6) is 0 Å². The van der Waals surface area contributed by atoms with Crippen LogP contribution in [-0.2, 0) is 0 Å². The molecule has 1 atom stereocenters. The first-order valence-corrected chi connectivity index (χ1v) is 6.24. The van der Waals surface area contributed by atoms with Gasteiger partial charge in [-0.25, -0.2) is 4.98 Å². The van der Waals surface area contributed by atoms with Crippen LogP contribution in [0.3, 0.4) is 0 Å². The quantitative estimate of drug-likeness (QED) is 0.831. The van der Waals surface area contributed by atoms with E-state index in [0.29, 0.717) is 0 Å². The van der Waals surface area contributed by atoms with E-state index in [9.17, 15) is 0 Å². The average molecular weight is 219 g/mol. The lowest BCUT2D eigenvalue weighted by molar-refractivity contribution is 0.726. The van der Waals surface area contributed by atoms with Crippen molar-refractivity contribution < 1.29 is 0 Å². The molecule has 1 saturated heterocycles. The van der Waals surface area contributed by atoms with Gasteiger partial charge in [0, 0.05) is 25.3 Å². The largest absolute Gasteiger partial charge is 0.357 e. The summed E-state index contributed by atoms with van der Waals surface area (Å²) in [5, 5.41) is 0. The Hall–Kier alpha value is -1.09. The number of pyridine rings is 1. The highest BCUT2D eigenvalue weighted by Crippen LogP contribution is 2.18. The second kappa shape index (κ2) is 5.30. The fourth-order valence-electron chi connectivity index (χ4n) is 2.15. The molecular formula is C13H21N3. The number of rotatable bonds is 2. The molecule has 0 spiro atoms. The summed E-state index contributed by atoms with van der Waals surface area (Å²) in [7, 11) is 0. The van der Waals surface area contributed by atoms with E-state index >= 15 is 0 Å². The third kappa shape index (κ3) is 2.73. The molecule has 0 unspecified atom stereocenters. The number of nitrogens with zero attached hydrogens (tertiary/aromatic N) is 2. The van der Waals surface area contributed by atoms with Crippen molar-refractivity contribution in [2.75, 3.05) is 18.0 Å². The summed E-state index contributed by atoms with van der Waals surface area (Å²) in [6.45, 7) is 4.28. The first-order chi connectivity index (χ1) is 7.77. The summed E-state index contributed by atoms with van der Waals surface area (Å²) in [5.41, 5.74) is 6.92. The van der Waals surface area contributed by atoms with E-state index in [1.807, 2.05) is 13.1 Å². The zero-order valence-electron chi connectivity index (χ0n) is 10.0. The monoisotopic (exact) mass is 219 g/mol. The number of hydrogen-bond acceptors (Lipinski definition) is 3. The maximum Gasteiger partial charge on any atom is 0.128 e. The van der Waals surface area contributed by atoms with E-state index in [1.54, 1.807) is 0 Å². The van der Waals surface area contributed by atoms with Gasteiger partial charge in [-0.15, -0.1) is 0 Å². The molecule has 1 aliphatic rings. The van der Waals surface area contributed by atoms with E-state index in [1.165, 1.54) is 25.7 Å². The van der Waals surface area contributed by atoms with Crippen LogP contribution in [-0.4, -0.2) is 18.1 Å². The summed E-state index contributed by atoms with van der Waals surface area (Å²) in [6, 6.07) is 4.27. The van der Waals surface area contributed by atoms with Crippen LogP contribution in [0.1, 0.15) is 44.2 Å². The molecule has 2 N–H and O–H groups in total. The van der Waals surface area contributed by atoms with Crippen molar-refractivity contribution in [1.82, 2.24) is 4.98 Å². The molecule has 1 aromatic rings. The Morgan fingerprint density at radius 2 is 1.88 bits per heavy atom.